The van der Waals surface area contributed by atoms with Crippen molar-refractivity contribution in [2.45, 2.75) is 26.3 Å². The first-order valence-corrected chi connectivity index (χ1v) is 6.96. The van der Waals surface area contributed by atoms with E-state index in [2.05, 4.69) is 10.4 Å². The third kappa shape index (κ3) is 4.33. The van der Waals surface area contributed by atoms with Crippen molar-refractivity contribution in [2.24, 2.45) is 0 Å². The molecular formula is C15H15ClN4O. The zero-order chi connectivity index (χ0) is 15.2. The molecule has 0 saturated heterocycles. The van der Waals surface area contributed by atoms with Crippen LogP contribution in [0.4, 0.5) is 5.69 Å². The summed E-state index contributed by atoms with van der Waals surface area (Å²) in [5, 5.41) is 16.4. The molecule has 0 spiro atoms. The average Bonchev–Trinajstić information content (AvgIpc) is 2.78. The molecule has 0 saturated carbocycles. The Morgan fingerprint density at radius 3 is 2.71 bits per heavy atom. The number of hydrogen-bond acceptors (Lipinski definition) is 3. The van der Waals surface area contributed by atoms with Gasteiger partial charge in [-0.15, -0.1) is 0 Å². The second-order valence-corrected chi connectivity index (χ2v) is 5.07. The summed E-state index contributed by atoms with van der Waals surface area (Å²) in [5.41, 5.74) is 2.05. The zero-order valence-electron chi connectivity index (χ0n) is 11.6. The van der Waals surface area contributed by atoms with Gasteiger partial charge >= 0.3 is 0 Å². The van der Waals surface area contributed by atoms with Crippen LogP contribution in [0, 0.1) is 18.3 Å². The molecule has 0 aliphatic heterocycles. The quantitative estimate of drug-likeness (QED) is 0.922. The largest absolute Gasteiger partial charge is 0.326 e. The Bertz CT molecular complexity index is 650. The van der Waals surface area contributed by atoms with E-state index in [-0.39, 0.29) is 5.91 Å². The molecule has 0 aliphatic rings. The van der Waals surface area contributed by atoms with Gasteiger partial charge in [-0.1, -0.05) is 11.6 Å². The minimum absolute atomic E-state index is 0.0605. The highest BCUT2D eigenvalue weighted by Crippen LogP contribution is 2.13. The molecule has 2 aromatic rings. The number of nitrogens with one attached hydrogen (secondary N) is 1. The average molecular weight is 303 g/mol. The van der Waals surface area contributed by atoms with E-state index < -0.39 is 0 Å². The summed E-state index contributed by atoms with van der Waals surface area (Å²) in [5.74, 6) is -0.0605. The van der Waals surface area contributed by atoms with Crippen molar-refractivity contribution in [1.29, 1.82) is 5.26 Å². The summed E-state index contributed by atoms with van der Waals surface area (Å²) >= 11 is 5.92. The standard InChI is InChI=1S/C15H15ClN4O/c1-11-14(16)10-20(19-11)8-2-3-15(21)18-13-6-4-12(9-17)5-7-13/h4-7,10H,2-3,8H2,1H3,(H,18,21). The van der Waals surface area contributed by atoms with Crippen molar-refractivity contribution in [3.05, 3.63) is 46.7 Å². The van der Waals surface area contributed by atoms with Gasteiger partial charge in [0.05, 0.1) is 22.3 Å². The fourth-order valence-corrected chi connectivity index (χ4v) is 2.01. The molecule has 6 heteroatoms. The van der Waals surface area contributed by atoms with Crippen molar-refractivity contribution >= 4 is 23.2 Å². The fraction of sp³-hybridized carbons (Fsp3) is 0.267. The maximum Gasteiger partial charge on any atom is 0.224 e. The Labute approximate surface area is 128 Å². The number of anilines is 1. The first-order chi connectivity index (χ1) is 10.1. The van der Waals surface area contributed by atoms with E-state index in [9.17, 15) is 4.79 Å². The van der Waals surface area contributed by atoms with Crippen LogP contribution in [0.2, 0.25) is 5.02 Å². The Kier molecular flexibility index (Phi) is 4.96. The van der Waals surface area contributed by atoms with E-state index in [4.69, 9.17) is 16.9 Å². The number of rotatable bonds is 5. The maximum atomic E-state index is 11.8. The summed E-state index contributed by atoms with van der Waals surface area (Å²) < 4.78 is 1.74. The lowest BCUT2D eigenvalue weighted by atomic mass is 10.2. The molecule has 1 aromatic carbocycles. The highest BCUT2D eigenvalue weighted by Gasteiger charge is 2.05. The number of carbonyl (C=O) groups excluding carboxylic acids is 1. The molecule has 1 amide bonds. The van der Waals surface area contributed by atoms with Gasteiger partial charge in [0.2, 0.25) is 5.91 Å². The molecule has 0 radical (unpaired) electrons. The summed E-state index contributed by atoms with van der Waals surface area (Å²) in [6.07, 6.45) is 2.84. The molecule has 21 heavy (non-hydrogen) atoms. The summed E-state index contributed by atoms with van der Waals surface area (Å²) in [6.45, 7) is 2.49. The molecule has 1 N–H and O–H groups in total. The Hall–Kier alpha value is -2.32. The number of carbonyl (C=O) groups is 1. The van der Waals surface area contributed by atoms with Crippen LogP contribution < -0.4 is 5.32 Å². The lowest BCUT2D eigenvalue weighted by Gasteiger charge is -2.05. The number of benzene rings is 1. The van der Waals surface area contributed by atoms with Gasteiger partial charge in [0.15, 0.2) is 0 Å². The van der Waals surface area contributed by atoms with E-state index in [1.807, 2.05) is 13.0 Å². The molecule has 1 aromatic heterocycles. The topological polar surface area (TPSA) is 70.7 Å². The SMILES string of the molecule is Cc1nn(CCCC(=O)Nc2ccc(C#N)cc2)cc1Cl. The molecule has 0 fully saturated rings. The smallest absolute Gasteiger partial charge is 0.224 e. The Balaban J connectivity index is 1.78. The molecule has 0 atom stereocenters. The van der Waals surface area contributed by atoms with Crippen LogP contribution >= 0.6 is 11.6 Å². The van der Waals surface area contributed by atoms with Gasteiger partial charge in [-0.05, 0) is 37.6 Å². The predicted octanol–water partition coefficient (Wildman–Crippen LogP) is 3.14. The van der Waals surface area contributed by atoms with E-state index >= 15 is 0 Å². The molecule has 0 unspecified atom stereocenters. The van der Waals surface area contributed by atoms with Crippen LogP contribution in [0.1, 0.15) is 24.1 Å². The molecule has 2 rings (SSSR count). The van der Waals surface area contributed by atoms with Gasteiger partial charge in [-0.3, -0.25) is 9.48 Å². The summed E-state index contributed by atoms with van der Waals surface area (Å²) in [6, 6.07) is 8.81. The number of halogens is 1. The van der Waals surface area contributed by atoms with Crippen LogP contribution in [0.15, 0.2) is 30.5 Å². The third-order valence-electron chi connectivity index (χ3n) is 2.98. The number of nitrogens with zero attached hydrogens (tertiary/aromatic N) is 3. The van der Waals surface area contributed by atoms with Crippen LogP contribution in [0.25, 0.3) is 0 Å². The lowest BCUT2D eigenvalue weighted by molar-refractivity contribution is -0.116. The fourth-order valence-electron chi connectivity index (χ4n) is 1.86. The first kappa shape index (κ1) is 15.1. The van der Waals surface area contributed by atoms with Crippen molar-refractivity contribution in [2.75, 3.05) is 5.32 Å². The van der Waals surface area contributed by atoms with Gasteiger partial charge in [0.1, 0.15) is 0 Å². The molecule has 0 aliphatic carbocycles. The normalized spacial score (nSPS) is 10.1. The maximum absolute atomic E-state index is 11.8. The van der Waals surface area contributed by atoms with Gasteiger partial charge in [-0.25, -0.2) is 0 Å². The van der Waals surface area contributed by atoms with E-state index in [0.717, 1.165) is 5.69 Å². The van der Waals surface area contributed by atoms with Crippen molar-refractivity contribution in [1.82, 2.24) is 9.78 Å². The number of aryl methyl sites for hydroxylation is 2. The number of hydrogen-bond donors (Lipinski definition) is 1. The van der Waals surface area contributed by atoms with E-state index in [1.165, 1.54) is 0 Å². The van der Waals surface area contributed by atoms with E-state index in [1.54, 1.807) is 35.1 Å². The van der Waals surface area contributed by atoms with Gasteiger partial charge in [0.25, 0.3) is 0 Å². The van der Waals surface area contributed by atoms with Crippen LogP contribution in [-0.4, -0.2) is 15.7 Å². The van der Waals surface area contributed by atoms with Crippen molar-refractivity contribution < 1.29 is 4.79 Å². The number of amides is 1. The minimum atomic E-state index is -0.0605. The van der Waals surface area contributed by atoms with Gasteiger partial charge < -0.3 is 5.32 Å². The number of nitriles is 1. The molecule has 5 nitrogen and oxygen atoms in total. The second kappa shape index (κ2) is 6.91. The van der Waals surface area contributed by atoms with Crippen molar-refractivity contribution in [3.63, 3.8) is 0 Å². The number of aromatic nitrogens is 2. The molecular weight excluding hydrogens is 288 g/mol. The molecule has 1 heterocycles. The van der Waals surface area contributed by atoms with Crippen LogP contribution in [-0.2, 0) is 11.3 Å². The Morgan fingerprint density at radius 1 is 1.43 bits per heavy atom. The van der Waals surface area contributed by atoms with Crippen molar-refractivity contribution in [3.8, 4) is 6.07 Å². The second-order valence-electron chi connectivity index (χ2n) is 4.67. The van der Waals surface area contributed by atoms with Crippen LogP contribution in [0.3, 0.4) is 0 Å². The zero-order valence-corrected chi connectivity index (χ0v) is 12.4. The molecule has 108 valence electrons. The summed E-state index contributed by atoms with van der Waals surface area (Å²) in [4.78, 5) is 11.8. The Morgan fingerprint density at radius 2 is 2.14 bits per heavy atom. The summed E-state index contributed by atoms with van der Waals surface area (Å²) in [7, 11) is 0. The van der Waals surface area contributed by atoms with Gasteiger partial charge in [-0.2, -0.15) is 10.4 Å². The molecule has 0 bridgehead atoms. The highest BCUT2D eigenvalue weighted by molar-refractivity contribution is 6.31. The van der Waals surface area contributed by atoms with Crippen LogP contribution in [0.5, 0.6) is 0 Å². The first-order valence-electron chi connectivity index (χ1n) is 6.58. The van der Waals surface area contributed by atoms with E-state index in [0.29, 0.717) is 35.7 Å². The lowest BCUT2D eigenvalue weighted by Crippen LogP contribution is -2.12. The predicted molar refractivity (Wildman–Crippen MR) is 81.0 cm³/mol. The van der Waals surface area contributed by atoms with Gasteiger partial charge in [0, 0.05) is 24.8 Å². The highest BCUT2D eigenvalue weighted by atomic mass is 35.5. The monoisotopic (exact) mass is 302 g/mol. The third-order valence-corrected chi connectivity index (χ3v) is 3.35. The minimum Gasteiger partial charge on any atom is -0.326 e.